The van der Waals surface area contributed by atoms with Gasteiger partial charge in [0, 0.05) is 31.6 Å². The van der Waals surface area contributed by atoms with Gasteiger partial charge in [0.2, 0.25) is 5.91 Å². The second-order valence-electron chi connectivity index (χ2n) is 5.89. The fraction of sp³-hybridized carbons (Fsp3) is 0.471. The number of rotatable bonds is 8. The van der Waals surface area contributed by atoms with E-state index in [1.54, 1.807) is 4.90 Å². The monoisotopic (exact) mass is 370 g/mol. The third kappa shape index (κ3) is 5.54. The molecule has 0 radical (unpaired) electrons. The van der Waals surface area contributed by atoms with E-state index in [1.165, 1.54) is 24.3 Å². The molecule has 6 nitrogen and oxygen atoms in total. The van der Waals surface area contributed by atoms with Gasteiger partial charge in [-0.25, -0.2) is 12.8 Å². The Hall–Kier alpha value is -1.93. The molecule has 0 atom stereocenters. The van der Waals surface area contributed by atoms with Crippen LogP contribution < -0.4 is 10.5 Å². The molecule has 25 heavy (non-hydrogen) atoms. The summed E-state index contributed by atoms with van der Waals surface area (Å²) in [5, 5.41) is 0. The molecule has 0 aromatic heterocycles. The molecule has 0 spiro atoms. The van der Waals surface area contributed by atoms with Crippen molar-refractivity contribution in [2.75, 3.05) is 32.0 Å². The van der Waals surface area contributed by atoms with Gasteiger partial charge in [0.25, 0.3) is 0 Å². The minimum atomic E-state index is -3.48. The molecule has 8 heteroatoms. The fourth-order valence-corrected chi connectivity index (χ4v) is 3.75. The molecule has 1 aromatic rings. The smallest absolute Gasteiger partial charge is 0.222 e. The maximum Gasteiger partial charge on any atom is 0.222 e. The Morgan fingerprint density at radius 3 is 2.60 bits per heavy atom. The fourth-order valence-electron chi connectivity index (χ4n) is 2.50. The second-order valence-corrected chi connectivity index (χ2v) is 8.00. The number of likely N-dealkylation sites (tertiary alicyclic amines) is 1. The number of ether oxygens (including phenoxy) is 1. The molecule has 1 saturated heterocycles. The van der Waals surface area contributed by atoms with Crippen LogP contribution in [0.1, 0.15) is 19.3 Å². The van der Waals surface area contributed by atoms with Crippen molar-refractivity contribution < 1.29 is 22.3 Å². The van der Waals surface area contributed by atoms with Gasteiger partial charge in [-0.3, -0.25) is 4.79 Å². The van der Waals surface area contributed by atoms with E-state index in [4.69, 9.17) is 10.5 Å². The zero-order valence-electron chi connectivity index (χ0n) is 14.0. The molecular formula is C17H23FN2O4S. The highest BCUT2D eigenvalue weighted by molar-refractivity contribution is 7.91. The van der Waals surface area contributed by atoms with Crippen molar-refractivity contribution in [1.29, 1.82) is 0 Å². The average Bonchev–Trinajstić information content (AvgIpc) is 2.62. The van der Waals surface area contributed by atoms with E-state index in [-0.39, 0.29) is 36.3 Å². The number of carbonyl (C=O) groups is 1. The van der Waals surface area contributed by atoms with Gasteiger partial charge in [0.05, 0.1) is 17.0 Å². The first-order chi connectivity index (χ1) is 12.0. The van der Waals surface area contributed by atoms with Crippen LogP contribution in [0.3, 0.4) is 0 Å². The topological polar surface area (TPSA) is 89.7 Å². The van der Waals surface area contributed by atoms with Crippen LogP contribution in [0.15, 0.2) is 41.1 Å². The molecule has 1 fully saturated rings. The first-order valence-electron chi connectivity index (χ1n) is 8.18. The van der Waals surface area contributed by atoms with E-state index in [0.29, 0.717) is 30.6 Å². The third-order valence-electron chi connectivity index (χ3n) is 4.07. The summed E-state index contributed by atoms with van der Waals surface area (Å²) in [5.41, 5.74) is 5.65. The summed E-state index contributed by atoms with van der Waals surface area (Å²) in [7, 11) is -3.48. The number of carbonyl (C=O) groups excluding carboxylic acids is 1. The van der Waals surface area contributed by atoms with Crippen molar-refractivity contribution in [3.05, 3.63) is 36.2 Å². The minimum Gasteiger partial charge on any atom is -0.489 e. The number of hydrogen-bond acceptors (Lipinski definition) is 5. The molecule has 2 rings (SSSR count). The third-order valence-corrected chi connectivity index (χ3v) is 5.79. The van der Waals surface area contributed by atoms with Crippen molar-refractivity contribution in [1.82, 2.24) is 4.90 Å². The summed E-state index contributed by atoms with van der Waals surface area (Å²) in [6, 6.07) is 5.94. The number of nitrogens with zero attached hydrogens (tertiary/aromatic N) is 1. The predicted molar refractivity (Wildman–Crippen MR) is 92.7 cm³/mol. The van der Waals surface area contributed by atoms with Gasteiger partial charge in [-0.2, -0.15) is 0 Å². The van der Waals surface area contributed by atoms with Gasteiger partial charge in [-0.05, 0) is 37.1 Å². The quantitative estimate of drug-likeness (QED) is 0.752. The lowest BCUT2D eigenvalue weighted by atomic mass is 10.1. The molecule has 1 aliphatic rings. The summed E-state index contributed by atoms with van der Waals surface area (Å²) in [5.74, 6) is 0.334. The zero-order valence-corrected chi connectivity index (χ0v) is 14.8. The summed E-state index contributed by atoms with van der Waals surface area (Å²) in [6.45, 7) is 0.890. The van der Waals surface area contributed by atoms with Crippen molar-refractivity contribution in [3.63, 3.8) is 0 Å². The normalized spacial score (nSPS) is 16.2. The summed E-state index contributed by atoms with van der Waals surface area (Å²) < 4.78 is 42.6. The molecule has 0 bridgehead atoms. The number of hydrogen-bond donors (Lipinski definition) is 1. The van der Waals surface area contributed by atoms with E-state index >= 15 is 0 Å². The van der Waals surface area contributed by atoms with Crippen molar-refractivity contribution in [3.8, 4) is 5.75 Å². The Labute approximate surface area is 147 Å². The minimum absolute atomic E-state index is 0.0101. The van der Waals surface area contributed by atoms with Gasteiger partial charge in [-0.1, -0.05) is 0 Å². The molecule has 2 N–H and O–H groups in total. The van der Waals surface area contributed by atoms with Crippen molar-refractivity contribution in [2.24, 2.45) is 5.73 Å². The standard InChI is InChI=1S/C17H23FN2O4S/c18-11-14(12-19)13-24-15-4-6-16(7-5-15)25(22,23)10-9-20-8-2-1-3-17(20)21/h4-7,11H,1-3,8-10,12-13,19H2. The maximum absolute atomic E-state index is 12.4. The predicted octanol–water partition coefficient (Wildman–Crippen LogP) is 1.66. The molecule has 138 valence electrons. The Kier molecular flexibility index (Phi) is 6.95. The molecule has 1 heterocycles. The lowest BCUT2D eigenvalue weighted by Crippen LogP contribution is -2.38. The maximum atomic E-state index is 12.4. The van der Waals surface area contributed by atoms with Crippen LogP contribution in [-0.4, -0.2) is 51.2 Å². The van der Waals surface area contributed by atoms with E-state index < -0.39 is 9.84 Å². The van der Waals surface area contributed by atoms with Gasteiger partial charge in [0.15, 0.2) is 9.84 Å². The number of amides is 1. The summed E-state index contributed by atoms with van der Waals surface area (Å²) in [4.78, 5) is 13.5. The Balaban J connectivity index is 1.94. The Bertz CT molecular complexity index is 717. The van der Waals surface area contributed by atoms with E-state index in [0.717, 1.165) is 12.8 Å². The number of nitrogens with two attached hydrogens (primary N) is 1. The SMILES string of the molecule is NCC(=CF)COc1ccc(S(=O)(=O)CCN2CCCCC2=O)cc1. The van der Waals surface area contributed by atoms with Gasteiger partial charge in [0.1, 0.15) is 12.4 Å². The Morgan fingerprint density at radius 2 is 2.00 bits per heavy atom. The molecule has 0 aliphatic carbocycles. The van der Waals surface area contributed by atoms with Gasteiger partial charge >= 0.3 is 0 Å². The van der Waals surface area contributed by atoms with Gasteiger partial charge in [-0.15, -0.1) is 0 Å². The number of benzene rings is 1. The van der Waals surface area contributed by atoms with Crippen molar-refractivity contribution >= 4 is 15.7 Å². The Morgan fingerprint density at radius 1 is 1.28 bits per heavy atom. The highest BCUT2D eigenvalue weighted by atomic mass is 32.2. The van der Waals surface area contributed by atoms with Crippen LogP contribution in [0.2, 0.25) is 0 Å². The number of halogens is 1. The van der Waals surface area contributed by atoms with Crippen LogP contribution in [-0.2, 0) is 14.6 Å². The number of sulfone groups is 1. The first-order valence-corrected chi connectivity index (χ1v) is 9.83. The van der Waals surface area contributed by atoms with Crippen molar-refractivity contribution in [2.45, 2.75) is 24.2 Å². The summed E-state index contributed by atoms with van der Waals surface area (Å²) >= 11 is 0. The van der Waals surface area contributed by atoms with Crippen LogP contribution in [0.5, 0.6) is 5.75 Å². The highest BCUT2D eigenvalue weighted by Crippen LogP contribution is 2.18. The molecule has 1 amide bonds. The second kappa shape index (κ2) is 8.96. The van der Waals surface area contributed by atoms with Crippen LogP contribution in [0.4, 0.5) is 4.39 Å². The molecule has 1 aliphatic heterocycles. The zero-order chi connectivity index (χ0) is 18.3. The lowest BCUT2D eigenvalue weighted by molar-refractivity contribution is -0.132. The van der Waals surface area contributed by atoms with Crippen LogP contribution >= 0.6 is 0 Å². The van der Waals surface area contributed by atoms with Crippen LogP contribution in [0.25, 0.3) is 0 Å². The molecule has 1 aromatic carbocycles. The van der Waals surface area contributed by atoms with Gasteiger partial charge < -0.3 is 15.4 Å². The average molecular weight is 370 g/mol. The van der Waals surface area contributed by atoms with E-state index in [2.05, 4.69) is 0 Å². The molecule has 0 saturated carbocycles. The molecular weight excluding hydrogens is 347 g/mol. The summed E-state index contributed by atoms with van der Waals surface area (Å²) in [6.07, 6.45) is 2.67. The van der Waals surface area contributed by atoms with E-state index in [1.807, 2.05) is 0 Å². The lowest BCUT2D eigenvalue weighted by Gasteiger charge is -2.26. The van der Waals surface area contributed by atoms with Crippen LogP contribution in [0, 0.1) is 0 Å². The van der Waals surface area contributed by atoms with E-state index in [9.17, 15) is 17.6 Å². The largest absolute Gasteiger partial charge is 0.489 e. The number of piperidine rings is 1. The first kappa shape index (κ1) is 19.4. The molecule has 0 unspecified atom stereocenters. The highest BCUT2D eigenvalue weighted by Gasteiger charge is 2.21.